The van der Waals surface area contributed by atoms with Crippen LogP contribution in [0.1, 0.15) is 30.3 Å². The molecule has 1 aromatic carbocycles. The minimum atomic E-state index is -0.230. The lowest BCUT2D eigenvalue weighted by Gasteiger charge is -2.33. The summed E-state index contributed by atoms with van der Waals surface area (Å²) < 4.78 is 20.9. The highest BCUT2D eigenvalue weighted by molar-refractivity contribution is 5.76. The van der Waals surface area contributed by atoms with Crippen LogP contribution in [0.15, 0.2) is 34.9 Å². The van der Waals surface area contributed by atoms with Crippen LogP contribution >= 0.6 is 0 Å². The Labute approximate surface area is 181 Å². The van der Waals surface area contributed by atoms with E-state index in [1.165, 1.54) is 6.07 Å². The summed E-state index contributed by atoms with van der Waals surface area (Å²) in [6.07, 6.45) is 3.42. The van der Waals surface area contributed by atoms with Crippen molar-refractivity contribution < 1.29 is 13.6 Å². The van der Waals surface area contributed by atoms with Crippen LogP contribution in [0, 0.1) is 19.7 Å². The molecule has 7 nitrogen and oxygen atoms in total. The molecule has 31 heavy (non-hydrogen) atoms. The Morgan fingerprint density at radius 1 is 1.16 bits per heavy atom. The quantitative estimate of drug-likeness (QED) is 0.604. The maximum Gasteiger partial charge on any atom is 0.297 e. The van der Waals surface area contributed by atoms with Gasteiger partial charge in [-0.15, -0.1) is 0 Å². The van der Waals surface area contributed by atoms with Crippen LogP contribution in [0.4, 0.5) is 10.4 Å². The SMILES string of the molecule is CCCc1cc(-c2ccc(F)c(C)c2)nn1CC(=O)N1CCN(c2nc(C)co2)CC1. The van der Waals surface area contributed by atoms with E-state index in [-0.39, 0.29) is 18.3 Å². The number of hydrogen-bond acceptors (Lipinski definition) is 5. The summed E-state index contributed by atoms with van der Waals surface area (Å²) in [5.74, 6) is -0.184. The fraction of sp³-hybridized carbons (Fsp3) is 0.435. The van der Waals surface area contributed by atoms with Crippen molar-refractivity contribution in [3.8, 4) is 11.3 Å². The third-order valence-corrected chi connectivity index (χ3v) is 5.62. The monoisotopic (exact) mass is 425 g/mol. The molecule has 4 rings (SSSR count). The Morgan fingerprint density at radius 3 is 2.58 bits per heavy atom. The molecule has 0 atom stereocenters. The number of carbonyl (C=O) groups is 1. The van der Waals surface area contributed by atoms with E-state index in [1.807, 2.05) is 17.9 Å². The van der Waals surface area contributed by atoms with E-state index in [1.54, 1.807) is 30.0 Å². The molecule has 1 aliphatic heterocycles. The number of amides is 1. The maximum absolute atomic E-state index is 13.6. The number of halogens is 1. The smallest absolute Gasteiger partial charge is 0.297 e. The van der Waals surface area contributed by atoms with E-state index in [9.17, 15) is 9.18 Å². The van der Waals surface area contributed by atoms with E-state index >= 15 is 0 Å². The molecule has 3 heterocycles. The second-order valence-electron chi connectivity index (χ2n) is 8.03. The highest BCUT2D eigenvalue weighted by atomic mass is 19.1. The molecule has 1 saturated heterocycles. The molecule has 2 aromatic heterocycles. The van der Waals surface area contributed by atoms with Crippen LogP contribution < -0.4 is 4.90 Å². The van der Waals surface area contributed by atoms with E-state index in [2.05, 4.69) is 21.9 Å². The van der Waals surface area contributed by atoms with Crippen molar-refractivity contribution in [3.63, 3.8) is 0 Å². The van der Waals surface area contributed by atoms with E-state index in [0.29, 0.717) is 37.8 Å². The summed E-state index contributed by atoms with van der Waals surface area (Å²) in [6, 6.07) is 7.61. The Hall–Kier alpha value is -3.16. The van der Waals surface area contributed by atoms with Gasteiger partial charge in [-0.3, -0.25) is 9.48 Å². The molecule has 1 amide bonds. The van der Waals surface area contributed by atoms with Gasteiger partial charge in [-0.1, -0.05) is 13.3 Å². The molecule has 1 aliphatic rings. The van der Waals surface area contributed by atoms with Gasteiger partial charge in [0.15, 0.2) is 0 Å². The Balaban J connectivity index is 1.45. The van der Waals surface area contributed by atoms with Gasteiger partial charge >= 0.3 is 0 Å². The zero-order valence-corrected chi connectivity index (χ0v) is 18.3. The van der Waals surface area contributed by atoms with Crippen molar-refractivity contribution in [3.05, 3.63) is 53.3 Å². The van der Waals surface area contributed by atoms with Gasteiger partial charge < -0.3 is 14.2 Å². The van der Waals surface area contributed by atoms with Gasteiger partial charge in [0.2, 0.25) is 5.91 Å². The first-order valence-electron chi connectivity index (χ1n) is 10.7. The molecule has 0 spiro atoms. The van der Waals surface area contributed by atoms with Crippen LogP contribution in [-0.4, -0.2) is 51.8 Å². The topological polar surface area (TPSA) is 67.4 Å². The van der Waals surface area contributed by atoms with Crippen LogP contribution in [0.3, 0.4) is 0 Å². The molecule has 164 valence electrons. The summed E-state index contributed by atoms with van der Waals surface area (Å²) in [4.78, 5) is 21.3. The van der Waals surface area contributed by atoms with Gasteiger partial charge in [0.05, 0.1) is 11.4 Å². The van der Waals surface area contributed by atoms with Crippen molar-refractivity contribution in [2.75, 3.05) is 31.1 Å². The fourth-order valence-electron chi connectivity index (χ4n) is 3.86. The van der Waals surface area contributed by atoms with Crippen molar-refractivity contribution in [1.82, 2.24) is 19.7 Å². The van der Waals surface area contributed by atoms with Gasteiger partial charge in [0.25, 0.3) is 6.01 Å². The molecule has 0 aliphatic carbocycles. The molecular weight excluding hydrogens is 397 g/mol. The first-order valence-corrected chi connectivity index (χ1v) is 10.7. The zero-order valence-electron chi connectivity index (χ0n) is 18.3. The van der Waals surface area contributed by atoms with E-state index in [0.717, 1.165) is 35.5 Å². The Morgan fingerprint density at radius 2 is 1.94 bits per heavy atom. The highest BCUT2D eigenvalue weighted by Crippen LogP contribution is 2.23. The van der Waals surface area contributed by atoms with Crippen molar-refractivity contribution in [1.29, 1.82) is 0 Å². The number of nitrogens with zero attached hydrogens (tertiary/aromatic N) is 5. The predicted molar refractivity (Wildman–Crippen MR) is 116 cm³/mol. The van der Waals surface area contributed by atoms with Crippen LogP contribution in [0.25, 0.3) is 11.3 Å². The van der Waals surface area contributed by atoms with Gasteiger partial charge in [-0.25, -0.2) is 4.39 Å². The lowest BCUT2D eigenvalue weighted by Crippen LogP contribution is -2.49. The first kappa shape index (κ1) is 21.1. The summed E-state index contributed by atoms with van der Waals surface area (Å²) in [5, 5.41) is 4.68. The van der Waals surface area contributed by atoms with Crippen LogP contribution in [-0.2, 0) is 17.8 Å². The normalized spacial score (nSPS) is 14.3. The number of anilines is 1. The first-order chi connectivity index (χ1) is 14.9. The number of aromatic nitrogens is 3. The average Bonchev–Trinajstić information content (AvgIpc) is 3.37. The van der Waals surface area contributed by atoms with Crippen LogP contribution in [0.2, 0.25) is 0 Å². The molecule has 0 N–H and O–H groups in total. The number of piperazine rings is 1. The maximum atomic E-state index is 13.6. The standard InChI is InChI=1S/C23H28FN5O2/c1-4-5-19-13-21(18-6-7-20(24)16(2)12-18)26-29(19)14-22(30)27-8-10-28(11-9-27)23-25-17(3)15-31-23/h6-7,12-13,15H,4-5,8-11,14H2,1-3H3. The van der Waals surface area contributed by atoms with E-state index in [4.69, 9.17) is 4.42 Å². The minimum absolute atomic E-state index is 0.0468. The summed E-state index contributed by atoms with van der Waals surface area (Å²) >= 11 is 0. The number of benzene rings is 1. The molecule has 1 fully saturated rings. The van der Waals surface area contributed by atoms with Gasteiger partial charge in [-0.05, 0) is 50.1 Å². The highest BCUT2D eigenvalue weighted by Gasteiger charge is 2.24. The summed E-state index contributed by atoms with van der Waals surface area (Å²) in [6.45, 7) is 8.55. The largest absolute Gasteiger partial charge is 0.432 e. The van der Waals surface area contributed by atoms with E-state index < -0.39 is 0 Å². The summed E-state index contributed by atoms with van der Waals surface area (Å²) in [5.41, 5.74) is 4.07. The van der Waals surface area contributed by atoms with Crippen LogP contribution in [0.5, 0.6) is 0 Å². The molecule has 8 heteroatoms. The molecule has 0 bridgehead atoms. The molecular formula is C23H28FN5O2. The number of carbonyl (C=O) groups excluding carboxylic acids is 1. The average molecular weight is 426 g/mol. The minimum Gasteiger partial charge on any atom is -0.432 e. The molecule has 0 saturated carbocycles. The second kappa shape index (κ2) is 8.91. The molecule has 0 unspecified atom stereocenters. The van der Waals surface area contributed by atoms with Crippen molar-refractivity contribution in [2.24, 2.45) is 0 Å². The molecule has 0 radical (unpaired) electrons. The third-order valence-electron chi connectivity index (χ3n) is 5.62. The van der Waals surface area contributed by atoms with Gasteiger partial charge in [0, 0.05) is 37.4 Å². The predicted octanol–water partition coefficient (Wildman–Crippen LogP) is 3.60. The van der Waals surface area contributed by atoms with Gasteiger partial charge in [0.1, 0.15) is 18.6 Å². The summed E-state index contributed by atoms with van der Waals surface area (Å²) in [7, 11) is 0. The number of hydrogen-bond donors (Lipinski definition) is 0. The van der Waals surface area contributed by atoms with Crippen molar-refractivity contribution >= 4 is 11.9 Å². The number of oxazole rings is 1. The zero-order chi connectivity index (χ0) is 22.0. The number of rotatable bonds is 6. The number of aryl methyl sites for hydroxylation is 3. The third kappa shape index (κ3) is 4.62. The Bertz CT molecular complexity index is 1070. The fourth-order valence-corrected chi connectivity index (χ4v) is 3.86. The molecule has 3 aromatic rings. The lowest BCUT2D eigenvalue weighted by atomic mass is 10.1. The second-order valence-corrected chi connectivity index (χ2v) is 8.03. The van der Waals surface area contributed by atoms with Gasteiger partial charge in [-0.2, -0.15) is 10.1 Å². The Kier molecular flexibility index (Phi) is 6.06. The van der Waals surface area contributed by atoms with Crippen molar-refractivity contribution in [2.45, 2.75) is 40.2 Å². The lowest BCUT2D eigenvalue weighted by molar-refractivity contribution is -0.132.